The van der Waals surface area contributed by atoms with E-state index in [1.54, 1.807) is 0 Å². The van der Waals surface area contributed by atoms with Crippen LogP contribution in [0.5, 0.6) is 0 Å². The van der Waals surface area contributed by atoms with Gasteiger partial charge in [0.25, 0.3) is 0 Å². The van der Waals surface area contributed by atoms with Crippen molar-refractivity contribution < 1.29 is 0 Å². The highest BCUT2D eigenvalue weighted by atomic mass is 32.1. The highest BCUT2D eigenvalue weighted by Crippen LogP contribution is 2.40. The molecule has 18 heavy (non-hydrogen) atoms. The van der Waals surface area contributed by atoms with Gasteiger partial charge in [0.1, 0.15) is 0 Å². The Bertz CT molecular complexity index is 323. The zero-order valence-corrected chi connectivity index (χ0v) is 12.8. The maximum Gasteiger partial charge on any atom is 0.0443 e. The zero-order valence-electron chi connectivity index (χ0n) is 12.0. The van der Waals surface area contributed by atoms with Crippen LogP contribution in [0.4, 0.5) is 0 Å². The van der Waals surface area contributed by atoms with Gasteiger partial charge in [0, 0.05) is 10.9 Å². The maximum atomic E-state index is 3.71. The van der Waals surface area contributed by atoms with E-state index in [0.29, 0.717) is 6.04 Å². The van der Waals surface area contributed by atoms with Crippen LogP contribution in [-0.4, -0.2) is 6.54 Å². The molecule has 0 spiro atoms. The van der Waals surface area contributed by atoms with Crippen molar-refractivity contribution in [2.75, 3.05) is 6.54 Å². The van der Waals surface area contributed by atoms with Gasteiger partial charge in [-0.15, -0.1) is 11.3 Å². The van der Waals surface area contributed by atoms with Crippen LogP contribution in [-0.2, 0) is 0 Å². The largest absolute Gasteiger partial charge is 0.309 e. The van der Waals surface area contributed by atoms with Gasteiger partial charge in [-0.05, 0) is 61.4 Å². The summed E-state index contributed by atoms with van der Waals surface area (Å²) in [5.74, 6) is 2.68. The van der Waals surface area contributed by atoms with E-state index >= 15 is 0 Å². The van der Waals surface area contributed by atoms with E-state index in [4.69, 9.17) is 0 Å². The molecule has 0 amide bonds. The molecule has 0 radical (unpaired) electrons. The van der Waals surface area contributed by atoms with E-state index in [1.807, 2.05) is 11.3 Å². The van der Waals surface area contributed by atoms with Crippen LogP contribution in [0, 0.1) is 17.8 Å². The fourth-order valence-electron chi connectivity index (χ4n) is 3.33. The van der Waals surface area contributed by atoms with Crippen molar-refractivity contribution in [2.24, 2.45) is 17.8 Å². The Morgan fingerprint density at radius 1 is 1.22 bits per heavy atom. The van der Waals surface area contributed by atoms with Crippen molar-refractivity contribution in [3.8, 4) is 0 Å². The Morgan fingerprint density at radius 2 is 1.89 bits per heavy atom. The lowest BCUT2D eigenvalue weighted by molar-refractivity contribution is 0.191. The smallest absolute Gasteiger partial charge is 0.0443 e. The van der Waals surface area contributed by atoms with E-state index in [1.165, 1.54) is 30.6 Å². The topological polar surface area (TPSA) is 12.0 Å². The van der Waals surface area contributed by atoms with Crippen LogP contribution in [0.1, 0.15) is 57.4 Å². The second kappa shape index (κ2) is 6.72. The van der Waals surface area contributed by atoms with Crippen LogP contribution in [0.25, 0.3) is 0 Å². The minimum Gasteiger partial charge on any atom is -0.309 e. The molecule has 1 atom stereocenters. The van der Waals surface area contributed by atoms with Crippen LogP contribution in [0.2, 0.25) is 0 Å². The second-order valence-corrected chi connectivity index (χ2v) is 6.95. The predicted octanol–water partition coefficient (Wildman–Crippen LogP) is 4.86. The average Bonchev–Trinajstić information content (AvgIpc) is 2.90. The Morgan fingerprint density at radius 3 is 2.39 bits per heavy atom. The third kappa shape index (κ3) is 3.36. The predicted molar refractivity (Wildman–Crippen MR) is 81.0 cm³/mol. The minimum atomic E-state index is 0.600. The summed E-state index contributed by atoms with van der Waals surface area (Å²) in [6.07, 6.45) is 5.65. The molecule has 1 saturated carbocycles. The molecule has 1 aliphatic carbocycles. The van der Waals surface area contributed by atoms with Gasteiger partial charge in [0.15, 0.2) is 0 Å². The molecule has 1 fully saturated rings. The van der Waals surface area contributed by atoms with E-state index in [2.05, 4.69) is 43.6 Å². The van der Waals surface area contributed by atoms with Gasteiger partial charge in [-0.2, -0.15) is 0 Å². The molecular weight excluding hydrogens is 238 g/mol. The van der Waals surface area contributed by atoms with E-state index < -0.39 is 0 Å². The lowest BCUT2D eigenvalue weighted by Crippen LogP contribution is -2.31. The molecule has 1 aromatic rings. The van der Waals surface area contributed by atoms with Crippen molar-refractivity contribution >= 4 is 11.3 Å². The van der Waals surface area contributed by atoms with E-state index in [0.717, 1.165) is 24.3 Å². The number of hydrogen-bond acceptors (Lipinski definition) is 2. The Kier molecular flexibility index (Phi) is 5.25. The third-order valence-corrected chi connectivity index (χ3v) is 5.46. The van der Waals surface area contributed by atoms with Crippen molar-refractivity contribution in [1.82, 2.24) is 5.32 Å². The molecule has 0 aromatic carbocycles. The summed E-state index contributed by atoms with van der Waals surface area (Å²) in [5, 5.41) is 5.92. The standard InChI is InChI=1S/C16H27NS/c1-4-17-16(15-6-5-11-18-15)14-9-7-13(8-10-14)12(2)3/h5-6,11-14,16-17H,4,7-10H2,1-3H3. The summed E-state index contributed by atoms with van der Waals surface area (Å²) in [5.41, 5.74) is 0. The van der Waals surface area contributed by atoms with Gasteiger partial charge in [-0.25, -0.2) is 0 Å². The monoisotopic (exact) mass is 265 g/mol. The summed E-state index contributed by atoms with van der Waals surface area (Å²) in [4.78, 5) is 1.53. The van der Waals surface area contributed by atoms with Gasteiger partial charge in [-0.3, -0.25) is 0 Å². The minimum absolute atomic E-state index is 0.600. The Labute approximate surface area is 116 Å². The van der Waals surface area contributed by atoms with Crippen molar-refractivity contribution in [2.45, 2.75) is 52.5 Å². The zero-order chi connectivity index (χ0) is 13.0. The first-order valence-corrected chi connectivity index (χ1v) is 8.37. The van der Waals surface area contributed by atoms with Crippen LogP contribution in [0.3, 0.4) is 0 Å². The lowest BCUT2D eigenvalue weighted by atomic mass is 9.74. The molecule has 1 aromatic heterocycles. The number of hydrogen-bond donors (Lipinski definition) is 1. The molecule has 2 heteroatoms. The molecule has 0 bridgehead atoms. The quantitative estimate of drug-likeness (QED) is 0.801. The van der Waals surface area contributed by atoms with Crippen LogP contribution < -0.4 is 5.32 Å². The van der Waals surface area contributed by atoms with Gasteiger partial charge in [0.05, 0.1) is 0 Å². The SMILES string of the molecule is CCNC(c1cccs1)C1CCC(C(C)C)CC1. The number of thiophene rings is 1. The van der Waals surface area contributed by atoms with Gasteiger partial charge < -0.3 is 5.32 Å². The van der Waals surface area contributed by atoms with Crippen LogP contribution in [0.15, 0.2) is 17.5 Å². The highest BCUT2D eigenvalue weighted by Gasteiger charge is 2.29. The summed E-state index contributed by atoms with van der Waals surface area (Å²) >= 11 is 1.91. The summed E-state index contributed by atoms with van der Waals surface area (Å²) in [7, 11) is 0. The number of nitrogens with one attached hydrogen (secondary N) is 1. The van der Waals surface area contributed by atoms with Crippen molar-refractivity contribution in [3.63, 3.8) is 0 Å². The first kappa shape index (κ1) is 14.1. The lowest BCUT2D eigenvalue weighted by Gasteiger charge is -2.35. The van der Waals surface area contributed by atoms with Gasteiger partial charge in [0.2, 0.25) is 0 Å². The molecule has 0 saturated heterocycles. The van der Waals surface area contributed by atoms with E-state index in [9.17, 15) is 0 Å². The molecular formula is C16H27NS. The van der Waals surface area contributed by atoms with Crippen LogP contribution >= 0.6 is 11.3 Å². The van der Waals surface area contributed by atoms with Gasteiger partial charge in [-0.1, -0.05) is 26.8 Å². The highest BCUT2D eigenvalue weighted by molar-refractivity contribution is 7.10. The van der Waals surface area contributed by atoms with Crippen molar-refractivity contribution in [1.29, 1.82) is 0 Å². The fraction of sp³-hybridized carbons (Fsp3) is 0.750. The molecule has 1 aliphatic rings. The second-order valence-electron chi connectivity index (χ2n) is 5.97. The molecule has 1 heterocycles. The van der Waals surface area contributed by atoms with E-state index in [-0.39, 0.29) is 0 Å². The average molecular weight is 265 g/mol. The molecule has 0 aliphatic heterocycles. The summed E-state index contributed by atoms with van der Waals surface area (Å²) < 4.78 is 0. The molecule has 1 nitrogen and oxygen atoms in total. The first-order chi connectivity index (χ1) is 8.72. The normalized spacial score (nSPS) is 26.4. The Balaban J connectivity index is 1.97. The summed E-state index contributed by atoms with van der Waals surface area (Å²) in [6.45, 7) is 8.06. The summed E-state index contributed by atoms with van der Waals surface area (Å²) in [6, 6.07) is 5.08. The Hall–Kier alpha value is -0.340. The third-order valence-electron chi connectivity index (χ3n) is 4.50. The molecule has 102 valence electrons. The molecule has 1 N–H and O–H groups in total. The first-order valence-electron chi connectivity index (χ1n) is 7.49. The number of rotatable bonds is 5. The van der Waals surface area contributed by atoms with Gasteiger partial charge >= 0.3 is 0 Å². The fourth-order valence-corrected chi connectivity index (χ4v) is 4.23. The molecule has 2 rings (SSSR count). The molecule has 1 unspecified atom stereocenters. The van der Waals surface area contributed by atoms with Crippen molar-refractivity contribution in [3.05, 3.63) is 22.4 Å². The maximum absolute atomic E-state index is 3.71.